The monoisotopic (exact) mass is 310 g/mol. The highest BCUT2D eigenvalue weighted by Crippen LogP contribution is 2.19. The van der Waals surface area contributed by atoms with Crippen LogP contribution in [0.25, 0.3) is 0 Å². The maximum Gasteiger partial charge on any atom is 0.270 e. The van der Waals surface area contributed by atoms with Gasteiger partial charge in [-0.1, -0.05) is 18.9 Å². The van der Waals surface area contributed by atoms with Crippen molar-refractivity contribution in [2.75, 3.05) is 18.0 Å². The molecule has 23 heavy (non-hydrogen) atoms. The molecule has 0 atom stereocenters. The summed E-state index contributed by atoms with van der Waals surface area (Å²) < 4.78 is 0. The Hall–Kier alpha value is -2.43. The quantitative estimate of drug-likeness (QED) is 0.943. The lowest BCUT2D eigenvalue weighted by Crippen LogP contribution is -2.26. The standard InChI is InChI=1S/C18H22N4O/c23-18(21-14-15-6-5-8-19-13-15)17-12-16(7-9-20-17)22-10-3-1-2-4-11-22/h5-9,12-13H,1-4,10-11,14H2,(H,21,23). The van der Waals surface area contributed by atoms with Crippen LogP contribution in [-0.2, 0) is 6.54 Å². The van der Waals surface area contributed by atoms with Crippen LogP contribution in [0.2, 0.25) is 0 Å². The van der Waals surface area contributed by atoms with Gasteiger partial charge in [0.1, 0.15) is 5.69 Å². The third kappa shape index (κ3) is 4.28. The molecule has 1 amide bonds. The van der Waals surface area contributed by atoms with E-state index in [4.69, 9.17) is 0 Å². The third-order valence-corrected chi connectivity index (χ3v) is 4.12. The topological polar surface area (TPSA) is 58.1 Å². The molecule has 0 saturated carbocycles. The molecular formula is C18H22N4O. The van der Waals surface area contributed by atoms with Gasteiger partial charge < -0.3 is 10.2 Å². The van der Waals surface area contributed by atoms with Crippen LogP contribution in [0, 0.1) is 0 Å². The van der Waals surface area contributed by atoms with Crippen molar-refractivity contribution >= 4 is 11.6 Å². The number of aromatic nitrogens is 2. The maximum atomic E-state index is 12.3. The molecule has 5 heteroatoms. The van der Waals surface area contributed by atoms with Crippen LogP contribution in [0.3, 0.4) is 0 Å². The van der Waals surface area contributed by atoms with Gasteiger partial charge in [-0.05, 0) is 36.6 Å². The fourth-order valence-electron chi connectivity index (χ4n) is 2.84. The average Bonchev–Trinajstić information content (AvgIpc) is 2.90. The van der Waals surface area contributed by atoms with Crippen molar-refractivity contribution in [1.82, 2.24) is 15.3 Å². The van der Waals surface area contributed by atoms with Crippen LogP contribution in [0.15, 0.2) is 42.9 Å². The van der Waals surface area contributed by atoms with Gasteiger partial charge in [0.15, 0.2) is 0 Å². The van der Waals surface area contributed by atoms with Crippen molar-refractivity contribution in [2.24, 2.45) is 0 Å². The van der Waals surface area contributed by atoms with Crippen molar-refractivity contribution in [2.45, 2.75) is 32.2 Å². The second-order valence-electron chi connectivity index (χ2n) is 5.84. The van der Waals surface area contributed by atoms with E-state index in [0.29, 0.717) is 12.2 Å². The fraction of sp³-hybridized carbons (Fsp3) is 0.389. The molecule has 120 valence electrons. The van der Waals surface area contributed by atoms with E-state index < -0.39 is 0 Å². The van der Waals surface area contributed by atoms with Crippen LogP contribution in [0.5, 0.6) is 0 Å². The number of nitrogens with one attached hydrogen (secondary N) is 1. The van der Waals surface area contributed by atoms with Crippen molar-refractivity contribution in [3.05, 3.63) is 54.1 Å². The lowest BCUT2D eigenvalue weighted by molar-refractivity contribution is 0.0946. The molecule has 3 rings (SSSR count). The molecule has 3 heterocycles. The van der Waals surface area contributed by atoms with Gasteiger partial charge in [0, 0.05) is 43.9 Å². The molecule has 1 aliphatic rings. The SMILES string of the molecule is O=C(NCc1cccnc1)c1cc(N2CCCCCC2)ccn1. The first-order valence-electron chi connectivity index (χ1n) is 8.21. The molecule has 5 nitrogen and oxygen atoms in total. The summed E-state index contributed by atoms with van der Waals surface area (Å²) in [6.45, 7) is 2.57. The first kappa shape index (κ1) is 15.5. The molecule has 0 aromatic carbocycles. The molecule has 0 bridgehead atoms. The number of carbonyl (C=O) groups excluding carboxylic acids is 1. The summed E-state index contributed by atoms with van der Waals surface area (Å²) in [6.07, 6.45) is 10.2. The van der Waals surface area contributed by atoms with Crippen LogP contribution >= 0.6 is 0 Å². The number of pyridine rings is 2. The highest BCUT2D eigenvalue weighted by molar-refractivity contribution is 5.93. The number of rotatable bonds is 4. The van der Waals surface area contributed by atoms with Gasteiger partial charge in [-0.25, -0.2) is 0 Å². The number of amides is 1. The zero-order valence-electron chi connectivity index (χ0n) is 13.2. The Balaban J connectivity index is 1.65. The fourth-order valence-corrected chi connectivity index (χ4v) is 2.84. The lowest BCUT2D eigenvalue weighted by Gasteiger charge is -2.22. The molecule has 0 spiro atoms. The van der Waals surface area contributed by atoms with Crippen molar-refractivity contribution in [3.8, 4) is 0 Å². The Morgan fingerprint density at radius 3 is 2.70 bits per heavy atom. The number of hydrogen-bond donors (Lipinski definition) is 1. The third-order valence-electron chi connectivity index (χ3n) is 4.12. The maximum absolute atomic E-state index is 12.3. The zero-order chi connectivity index (χ0) is 15.9. The molecule has 1 fully saturated rings. The smallest absolute Gasteiger partial charge is 0.270 e. The molecule has 0 radical (unpaired) electrons. The van der Waals surface area contributed by atoms with Crippen molar-refractivity contribution in [3.63, 3.8) is 0 Å². The van der Waals surface area contributed by atoms with Gasteiger partial charge in [0.2, 0.25) is 0 Å². The largest absolute Gasteiger partial charge is 0.371 e. The van der Waals surface area contributed by atoms with E-state index in [1.165, 1.54) is 25.7 Å². The summed E-state index contributed by atoms with van der Waals surface area (Å²) in [4.78, 5) is 22.9. The molecule has 0 unspecified atom stereocenters. The van der Waals surface area contributed by atoms with Crippen molar-refractivity contribution in [1.29, 1.82) is 0 Å². The van der Waals surface area contributed by atoms with E-state index >= 15 is 0 Å². The van der Waals surface area contributed by atoms with E-state index in [0.717, 1.165) is 24.3 Å². The predicted molar refractivity (Wildman–Crippen MR) is 90.3 cm³/mol. The highest BCUT2D eigenvalue weighted by Gasteiger charge is 2.13. The Morgan fingerprint density at radius 1 is 1.13 bits per heavy atom. The van der Waals surface area contributed by atoms with E-state index in [9.17, 15) is 4.79 Å². The van der Waals surface area contributed by atoms with E-state index in [1.54, 1.807) is 18.6 Å². The van der Waals surface area contributed by atoms with E-state index in [1.807, 2.05) is 24.3 Å². The van der Waals surface area contributed by atoms with Crippen LogP contribution < -0.4 is 10.2 Å². The minimum Gasteiger partial charge on any atom is -0.371 e. The summed E-state index contributed by atoms with van der Waals surface area (Å²) in [5.41, 5.74) is 2.54. The van der Waals surface area contributed by atoms with E-state index in [-0.39, 0.29) is 5.91 Å². The molecule has 2 aromatic rings. The first-order chi connectivity index (χ1) is 11.3. The summed E-state index contributed by atoms with van der Waals surface area (Å²) >= 11 is 0. The Morgan fingerprint density at radius 2 is 1.96 bits per heavy atom. The molecule has 2 aromatic heterocycles. The zero-order valence-corrected chi connectivity index (χ0v) is 13.2. The molecule has 1 aliphatic heterocycles. The summed E-state index contributed by atoms with van der Waals surface area (Å²) in [5.74, 6) is -0.148. The first-order valence-corrected chi connectivity index (χ1v) is 8.21. The second-order valence-corrected chi connectivity index (χ2v) is 5.84. The van der Waals surface area contributed by atoms with Gasteiger partial charge >= 0.3 is 0 Å². The van der Waals surface area contributed by atoms with Gasteiger partial charge in [0.05, 0.1) is 0 Å². The van der Waals surface area contributed by atoms with Crippen molar-refractivity contribution < 1.29 is 4.79 Å². The van der Waals surface area contributed by atoms with Gasteiger partial charge in [-0.3, -0.25) is 14.8 Å². The number of nitrogens with zero attached hydrogens (tertiary/aromatic N) is 3. The highest BCUT2D eigenvalue weighted by atomic mass is 16.1. The van der Waals surface area contributed by atoms with Gasteiger partial charge in [0.25, 0.3) is 5.91 Å². The average molecular weight is 310 g/mol. The summed E-state index contributed by atoms with van der Waals surface area (Å²) in [5, 5.41) is 2.90. The van der Waals surface area contributed by atoms with E-state index in [2.05, 4.69) is 20.2 Å². The Kier molecular flexibility index (Phi) is 5.19. The molecule has 1 N–H and O–H groups in total. The minimum absolute atomic E-state index is 0.148. The summed E-state index contributed by atoms with van der Waals surface area (Å²) in [7, 11) is 0. The van der Waals surface area contributed by atoms with Crippen LogP contribution in [-0.4, -0.2) is 29.0 Å². The van der Waals surface area contributed by atoms with Gasteiger partial charge in [-0.2, -0.15) is 0 Å². The molecule has 1 saturated heterocycles. The second kappa shape index (κ2) is 7.72. The lowest BCUT2D eigenvalue weighted by atomic mass is 10.2. The number of carbonyl (C=O) groups is 1. The minimum atomic E-state index is -0.148. The Labute approximate surface area is 136 Å². The van der Waals surface area contributed by atoms with Gasteiger partial charge in [-0.15, -0.1) is 0 Å². The van der Waals surface area contributed by atoms with Crippen LogP contribution in [0.1, 0.15) is 41.7 Å². The number of anilines is 1. The predicted octanol–water partition coefficient (Wildman–Crippen LogP) is 2.79. The summed E-state index contributed by atoms with van der Waals surface area (Å²) in [6, 6.07) is 7.68. The number of hydrogen-bond acceptors (Lipinski definition) is 4. The normalized spacial score (nSPS) is 15.0. The molecular weight excluding hydrogens is 288 g/mol. The Bertz CT molecular complexity index is 636. The van der Waals surface area contributed by atoms with Crippen LogP contribution in [0.4, 0.5) is 5.69 Å². The molecule has 0 aliphatic carbocycles.